The molecular formula is C54H38N4S. The average molecular weight is 775 g/mol. The zero-order valence-electron chi connectivity index (χ0n) is 32.2. The lowest BCUT2D eigenvalue weighted by molar-refractivity contribution is 0.787. The first kappa shape index (κ1) is 34.0. The topological polar surface area (TPSA) is 48.2 Å². The number of benzene rings is 8. The Kier molecular flexibility index (Phi) is 7.79. The Labute approximate surface area is 346 Å². The molecular weight excluding hydrogens is 737 g/mol. The van der Waals surface area contributed by atoms with Crippen LogP contribution in [0.5, 0.6) is 0 Å². The van der Waals surface area contributed by atoms with Crippen molar-refractivity contribution in [1.82, 2.24) is 9.13 Å². The summed E-state index contributed by atoms with van der Waals surface area (Å²) in [5.41, 5.74) is 21.0. The molecule has 8 aromatic carbocycles. The molecule has 59 heavy (non-hydrogen) atoms. The number of hydrogen-bond donors (Lipinski definition) is 1. The molecule has 0 bridgehead atoms. The Morgan fingerprint density at radius 2 is 1.31 bits per heavy atom. The molecule has 2 N–H and O–H groups in total. The van der Waals surface area contributed by atoms with Crippen molar-refractivity contribution in [3.63, 3.8) is 0 Å². The second kappa shape index (κ2) is 13.5. The second-order valence-electron chi connectivity index (χ2n) is 15.6. The molecule has 2 aromatic heterocycles. The van der Waals surface area contributed by atoms with E-state index in [1.54, 1.807) is 0 Å². The molecule has 2 aliphatic rings. The van der Waals surface area contributed by atoms with Crippen LogP contribution in [0.2, 0.25) is 0 Å². The second-order valence-corrected chi connectivity index (χ2v) is 16.8. The molecule has 1 aliphatic carbocycles. The standard InChI is InChI=1S/C54H38N4S/c55-52(36-18-6-2-7-19-36)54-45(32-49(59-54)35-16-4-1-5-17-35)56-33-57-46-28-27-34-15-12-13-24-40(34)50(46)42-26-14-25-41(53(42)57)43-31-48-51(43)44-29-37-20-10-11-21-38(37)30-47(44)58(48)39-22-8-3-9-23-39/h1-31,49H,32-33,55H2/b54-52+,56-45-. The summed E-state index contributed by atoms with van der Waals surface area (Å²) in [7, 11) is 0. The first-order valence-electron chi connectivity index (χ1n) is 20.3. The van der Waals surface area contributed by atoms with Crippen molar-refractivity contribution < 1.29 is 0 Å². The Bertz CT molecular complexity index is 3410. The van der Waals surface area contributed by atoms with E-state index >= 15 is 0 Å². The number of fused-ring (bicyclic) bond motifs is 9. The van der Waals surface area contributed by atoms with Gasteiger partial charge >= 0.3 is 0 Å². The van der Waals surface area contributed by atoms with Crippen molar-refractivity contribution in [2.45, 2.75) is 18.3 Å². The fourth-order valence-electron chi connectivity index (χ4n) is 9.53. The van der Waals surface area contributed by atoms with Crippen molar-refractivity contribution in [3.05, 3.63) is 215 Å². The molecule has 0 radical (unpaired) electrons. The van der Waals surface area contributed by atoms with Gasteiger partial charge in [-0.05, 0) is 74.7 Å². The molecule has 4 nitrogen and oxygen atoms in total. The van der Waals surface area contributed by atoms with Crippen molar-refractivity contribution >= 4 is 89.1 Å². The summed E-state index contributed by atoms with van der Waals surface area (Å²) in [5.74, 6) is 0. The van der Waals surface area contributed by atoms with Gasteiger partial charge in [-0.15, -0.1) is 11.8 Å². The van der Waals surface area contributed by atoms with E-state index in [-0.39, 0.29) is 5.25 Å². The maximum absolute atomic E-state index is 7.04. The Balaban J connectivity index is 1.08. The number of aromatic nitrogens is 2. The normalized spacial score (nSPS) is 16.6. The Hall–Kier alpha value is -7.08. The highest BCUT2D eigenvalue weighted by Crippen LogP contribution is 2.50. The molecule has 3 heterocycles. The van der Waals surface area contributed by atoms with Gasteiger partial charge < -0.3 is 14.9 Å². The molecule has 10 aromatic rings. The summed E-state index contributed by atoms with van der Waals surface area (Å²) >= 11 is 1.84. The summed E-state index contributed by atoms with van der Waals surface area (Å²) in [6.45, 7) is 0.467. The van der Waals surface area contributed by atoms with Crippen LogP contribution in [-0.4, -0.2) is 14.8 Å². The molecule has 1 aliphatic heterocycles. The molecule has 1 unspecified atom stereocenters. The van der Waals surface area contributed by atoms with Crippen LogP contribution in [0.15, 0.2) is 192 Å². The fourth-order valence-corrected chi connectivity index (χ4v) is 10.9. The number of hydrogen-bond acceptors (Lipinski definition) is 3. The Morgan fingerprint density at radius 1 is 0.627 bits per heavy atom. The van der Waals surface area contributed by atoms with Crippen LogP contribution in [0.1, 0.15) is 39.6 Å². The van der Waals surface area contributed by atoms with Crippen LogP contribution in [0.3, 0.4) is 0 Å². The van der Waals surface area contributed by atoms with Crippen molar-refractivity contribution in [2.24, 2.45) is 10.7 Å². The quantitative estimate of drug-likeness (QED) is 0.183. The summed E-state index contributed by atoms with van der Waals surface area (Å²) < 4.78 is 4.89. The number of nitrogens with zero attached hydrogens (tertiary/aromatic N) is 3. The van der Waals surface area contributed by atoms with Crippen molar-refractivity contribution in [1.29, 1.82) is 0 Å². The van der Waals surface area contributed by atoms with Crippen LogP contribution in [0.25, 0.3) is 77.3 Å². The van der Waals surface area contributed by atoms with E-state index in [9.17, 15) is 0 Å². The van der Waals surface area contributed by atoms with E-state index in [4.69, 9.17) is 10.7 Å². The summed E-state index contributed by atoms with van der Waals surface area (Å²) in [5, 5.41) is 8.99. The van der Waals surface area contributed by atoms with Crippen LogP contribution < -0.4 is 5.73 Å². The van der Waals surface area contributed by atoms with Crippen molar-refractivity contribution in [3.8, 4) is 5.69 Å². The minimum absolute atomic E-state index is 0.237. The lowest BCUT2D eigenvalue weighted by Crippen LogP contribution is -2.08. The number of allylic oxidation sites excluding steroid dienone is 1. The van der Waals surface area contributed by atoms with Crippen LogP contribution >= 0.6 is 11.8 Å². The monoisotopic (exact) mass is 774 g/mol. The minimum Gasteiger partial charge on any atom is -0.397 e. The van der Waals surface area contributed by atoms with E-state index < -0.39 is 0 Å². The molecule has 0 amide bonds. The van der Waals surface area contributed by atoms with Gasteiger partial charge in [0.2, 0.25) is 0 Å². The number of nitrogens with two attached hydrogens (primary N) is 1. The summed E-state index contributed by atoms with van der Waals surface area (Å²) in [6.07, 6.45) is 3.21. The van der Waals surface area contributed by atoms with Gasteiger partial charge in [-0.3, -0.25) is 4.99 Å². The third-order valence-electron chi connectivity index (χ3n) is 12.3. The van der Waals surface area contributed by atoms with Crippen molar-refractivity contribution in [2.75, 3.05) is 0 Å². The maximum atomic E-state index is 7.04. The predicted octanol–water partition coefficient (Wildman–Crippen LogP) is 13.6. The predicted molar refractivity (Wildman–Crippen MR) is 251 cm³/mol. The highest BCUT2D eigenvalue weighted by molar-refractivity contribution is 8.05. The van der Waals surface area contributed by atoms with Gasteiger partial charge in [-0.25, -0.2) is 0 Å². The number of rotatable bonds is 6. The SMILES string of the molecule is N/C(=C1/SC(c2ccccc2)C/C1=N/Cn1c2ccc3ccccc3c2c2cccc(C3=Cc4c3c3cc5ccccc5cc3n4-c3ccccc3)c21)c1ccccc1. The largest absolute Gasteiger partial charge is 0.397 e. The van der Waals surface area contributed by atoms with Gasteiger partial charge in [-0.2, -0.15) is 0 Å². The average Bonchev–Trinajstić information content (AvgIpc) is 3.94. The van der Waals surface area contributed by atoms with Gasteiger partial charge in [0.1, 0.15) is 6.67 Å². The smallest absolute Gasteiger partial charge is 0.115 e. The number of thioether (sulfide) groups is 1. The summed E-state index contributed by atoms with van der Waals surface area (Å²) in [4.78, 5) is 6.64. The van der Waals surface area contributed by atoms with E-state index in [2.05, 4.69) is 191 Å². The third kappa shape index (κ3) is 5.35. The highest BCUT2D eigenvalue weighted by Gasteiger charge is 2.32. The van der Waals surface area contributed by atoms with Gasteiger partial charge in [0.05, 0.1) is 38.6 Å². The molecule has 0 saturated carbocycles. The van der Waals surface area contributed by atoms with Gasteiger partial charge in [0.15, 0.2) is 0 Å². The van der Waals surface area contributed by atoms with Gasteiger partial charge in [0, 0.05) is 44.6 Å². The molecule has 1 fully saturated rings. The lowest BCUT2D eigenvalue weighted by atomic mass is 9.85. The minimum atomic E-state index is 0.237. The number of aliphatic imine (C=N–C) groups is 1. The maximum Gasteiger partial charge on any atom is 0.115 e. The third-order valence-corrected chi connectivity index (χ3v) is 13.7. The van der Waals surface area contributed by atoms with Crippen LogP contribution in [0.4, 0.5) is 0 Å². The van der Waals surface area contributed by atoms with Crippen LogP contribution in [-0.2, 0) is 6.67 Å². The lowest BCUT2D eigenvalue weighted by Gasteiger charge is -2.21. The number of para-hydroxylation sites is 2. The van der Waals surface area contributed by atoms with Gasteiger partial charge in [-0.1, -0.05) is 152 Å². The van der Waals surface area contributed by atoms with E-state index in [1.807, 2.05) is 17.8 Å². The highest BCUT2D eigenvalue weighted by atomic mass is 32.2. The van der Waals surface area contributed by atoms with E-state index in [0.29, 0.717) is 6.67 Å². The first-order valence-corrected chi connectivity index (χ1v) is 21.2. The zero-order chi connectivity index (χ0) is 39.0. The van der Waals surface area contributed by atoms with Crippen LogP contribution in [0, 0.1) is 0 Å². The molecule has 1 atom stereocenters. The Morgan fingerprint density at radius 3 is 2.10 bits per heavy atom. The summed E-state index contributed by atoms with van der Waals surface area (Å²) in [6, 6.07) is 65.5. The van der Waals surface area contributed by atoms with E-state index in [0.717, 1.165) is 28.3 Å². The van der Waals surface area contributed by atoms with E-state index in [1.165, 1.54) is 87.9 Å². The molecule has 1 saturated heterocycles. The fraction of sp³-hybridized carbons (Fsp3) is 0.0556. The molecule has 0 spiro atoms. The van der Waals surface area contributed by atoms with Gasteiger partial charge in [0.25, 0.3) is 0 Å². The first-order chi connectivity index (χ1) is 29.2. The molecule has 280 valence electrons. The zero-order valence-corrected chi connectivity index (χ0v) is 33.0. The molecule has 12 rings (SSSR count). The molecule has 5 heteroatoms.